The maximum absolute atomic E-state index is 13.1. The van der Waals surface area contributed by atoms with Crippen molar-refractivity contribution in [3.8, 4) is 0 Å². The summed E-state index contributed by atoms with van der Waals surface area (Å²) in [5, 5.41) is 10.6. The Labute approximate surface area is 600 Å². The number of carbonyl (C=O) groups excluding carboxylic acids is 4. The lowest BCUT2D eigenvalue weighted by Crippen LogP contribution is -2.30. The van der Waals surface area contributed by atoms with E-state index >= 15 is 0 Å². The Bertz CT molecular complexity index is 1910. The minimum absolute atomic E-state index is 0.104. The fraction of sp³-hybridized carbons (Fsp3) is 0.949. The zero-order chi connectivity index (χ0) is 72.3. The lowest BCUT2D eigenvalue weighted by molar-refractivity contribution is -0.161. The zero-order valence-electron chi connectivity index (χ0n) is 64.3. The van der Waals surface area contributed by atoms with Gasteiger partial charge < -0.3 is 33.8 Å². The molecule has 98 heavy (non-hydrogen) atoms. The highest BCUT2D eigenvalue weighted by Crippen LogP contribution is 2.45. The fourth-order valence-corrected chi connectivity index (χ4v) is 13.6. The van der Waals surface area contributed by atoms with E-state index in [9.17, 15) is 43.2 Å². The van der Waals surface area contributed by atoms with Gasteiger partial charge in [0.1, 0.15) is 19.3 Å². The number of ether oxygens (including phenoxy) is 4. The summed E-state index contributed by atoms with van der Waals surface area (Å²) >= 11 is 0. The van der Waals surface area contributed by atoms with Crippen molar-refractivity contribution in [2.75, 3.05) is 39.6 Å². The smallest absolute Gasteiger partial charge is 0.462 e. The number of phosphoric acid groups is 2. The molecule has 0 amide bonds. The van der Waals surface area contributed by atoms with Crippen molar-refractivity contribution in [1.29, 1.82) is 0 Å². The Kier molecular flexibility index (Phi) is 68.1. The Morgan fingerprint density at radius 2 is 0.520 bits per heavy atom. The van der Waals surface area contributed by atoms with E-state index < -0.39 is 97.5 Å². The van der Waals surface area contributed by atoms with Crippen LogP contribution in [0, 0.1) is 17.8 Å². The van der Waals surface area contributed by atoms with E-state index in [0.29, 0.717) is 31.6 Å². The number of aliphatic hydroxyl groups excluding tert-OH is 1. The summed E-state index contributed by atoms with van der Waals surface area (Å²) in [4.78, 5) is 72.9. The Hall–Kier alpha value is -1.94. The maximum atomic E-state index is 13.1. The third kappa shape index (κ3) is 69.8. The molecule has 0 aromatic rings. The van der Waals surface area contributed by atoms with Crippen molar-refractivity contribution in [3.63, 3.8) is 0 Å². The second kappa shape index (κ2) is 69.4. The number of unbranched alkanes of at least 4 members (excludes halogenated alkanes) is 43. The van der Waals surface area contributed by atoms with E-state index in [0.717, 1.165) is 108 Å². The Morgan fingerprint density at radius 1 is 0.296 bits per heavy atom. The molecule has 4 unspecified atom stereocenters. The highest BCUT2D eigenvalue weighted by Gasteiger charge is 2.30. The molecular formula is C79H154O17P2. The third-order valence-corrected chi connectivity index (χ3v) is 21.0. The molecule has 0 radical (unpaired) electrons. The van der Waals surface area contributed by atoms with Crippen LogP contribution in [0.4, 0.5) is 0 Å². The monoisotopic (exact) mass is 1440 g/mol. The lowest BCUT2D eigenvalue weighted by Gasteiger charge is -2.21. The number of esters is 4. The van der Waals surface area contributed by atoms with Gasteiger partial charge in [0.15, 0.2) is 12.2 Å². The molecule has 17 nitrogen and oxygen atoms in total. The average Bonchev–Trinajstić information content (AvgIpc) is 3.38. The van der Waals surface area contributed by atoms with Crippen molar-refractivity contribution in [3.05, 3.63) is 0 Å². The molecular weight excluding hydrogens is 1280 g/mol. The summed E-state index contributed by atoms with van der Waals surface area (Å²) in [6.45, 7) is 11.9. The van der Waals surface area contributed by atoms with Crippen LogP contribution < -0.4 is 0 Å². The number of phosphoric ester groups is 2. The predicted octanol–water partition coefficient (Wildman–Crippen LogP) is 23.4. The topological polar surface area (TPSA) is 237 Å². The van der Waals surface area contributed by atoms with E-state index in [1.807, 2.05) is 0 Å². The molecule has 0 heterocycles. The summed E-state index contributed by atoms with van der Waals surface area (Å²) in [6, 6.07) is 0. The van der Waals surface area contributed by atoms with Crippen LogP contribution in [0.15, 0.2) is 0 Å². The first kappa shape index (κ1) is 96.1. The predicted molar refractivity (Wildman–Crippen MR) is 400 cm³/mol. The molecule has 19 heteroatoms. The third-order valence-electron chi connectivity index (χ3n) is 19.1. The van der Waals surface area contributed by atoms with E-state index in [4.69, 9.17) is 37.0 Å². The molecule has 0 rings (SSSR count). The molecule has 0 saturated heterocycles. The highest BCUT2D eigenvalue weighted by molar-refractivity contribution is 7.47. The molecule has 0 spiro atoms. The van der Waals surface area contributed by atoms with Crippen LogP contribution in [0.5, 0.6) is 0 Å². The van der Waals surface area contributed by atoms with Crippen LogP contribution in [-0.4, -0.2) is 96.7 Å². The van der Waals surface area contributed by atoms with Gasteiger partial charge in [-0.2, -0.15) is 0 Å². The summed E-state index contributed by atoms with van der Waals surface area (Å²) in [5.74, 6) is 0.202. The molecule has 582 valence electrons. The van der Waals surface area contributed by atoms with E-state index in [-0.39, 0.29) is 25.7 Å². The van der Waals surface area contributed by atoms with Crippen molar-refractivity contribution in [1.82, 2.24) is 0 Å². The molecule has 0 aromatic carbocycles. The number of carbonyl (C=O) groups is 4. The van der Waals surface area contributed by atoms with Gasteiger partial charge in [0.05, 0.1) is 26.4 Å². The summed E-state index contributed by atoms with van der Waals surface area (Å²) in [5.41, 5.74) is 0. The average molecular weight is 1440 g/mol. The normalized spacial score (nSPS) is 14.6. The molecule has 7 atom stereocenters. The van der Waals surface area contributed by atoms with Gasteiger partial charge in [-0.15, -0.1) is 0 Å². The number of hydrogen-bond donors (Lipinski definition) is 3. The lowest BCUT2D eigenvalue weighted by atomic mass is 9.99. The fourth-order valence-electron chi connectivity index (χ4n) is 12.1. The van der Waals surface area contributed by atoms with Gasteiger partial charge in [0, 0.05) is 25.7 Å². The van der Waals surface area contributed by atoms with Crippen LogP contribution in [0.2, 0.25) is 0 Å². The summed E-state index contributed by atoms with van der Waals surface area (Å²) < 4.78 is 68.6. The summed E-state index contributed by atoms with van der Waals surface area (Å²) in [6.07, 6.45) is 57.0. The van der Waals surface area contributed by atoms with Gasteiger partial charge >= 0.3 is 39.5 Å². The molecule has 0 aliphatic carbocycles. The van der Waals surface area contributed by atoms with Crippen molar-refractivity contribution < 1.29 is 80.2 Å². The molecule has 0 bridgehead atoms. The minimum atomic E-state index is -4.96. The molecule has 3 N–H and O–H groups in total. The van der Waals surface area contributed by atoms with Crippen LogP contribution in [-0.2, 0) is 65.4 Å². The van der Waals surface area contributed by atoms with Crippen LogP contribution >= 0.6 is 15.6 Å². The van der Waals surface area contributed by atoms with Gasteiger partial charge in [-0.05, 0) is 43.4 Å². The van der Waals surface area contributed by atoms with Crippen LogP contribution in [0.3, 0.4) is 0 Å². The first-order chi connectivity index (χ1) is 47.3. The molecule has 0 aliphatic heterocycles. The van der Waals surface area contributed by atoms with E-state index in [1.165, 1.54) is 212 Å². The van der Waals surface area contributed by atoms with Crippen molar-refractivity contribution >= 4 is 39.5 Å². The molecule has 0 aliphatic rings. The zero-order valence-corrected chi connectivity index (χ0v) is 66.0. The SMILES string of the molecule is CCCCCCCCCCCCCCCCCC(=O)OC[C@H](COP(=O)(O)OC[C@@H](O)COP(=O)(O)OC[C@@H](COC(=O)CCCCCCCCC(C)C)OC(=O)CCCCCCCCCCC(C)CC)OC(=O)CCCCCCCCCCCCCCCCCCCCC(C)CC. The highest BCUT2D eigenvalue weighted by atomic mass is 31.2. The molecule has 0 aromatic heterocycles. The van der Waals surface area contributed by atoms with Crippen LogP contribution in [0.25, 0.3) is 0 Å². The van der Waals surface area contributed by atoms with E-state index in [1.54, 1.807) is 0 Å². The second-order valence-electron chi connectivity index (χ2n) is 29.4. The quantitative estimate of drug-likeness (QED) is 0.0222. The van der Waals surface area contributed by atoms with Gasteiger partial charge in [0.25, 0.3) is 0 Å². The van der Waals surface area contributed by atoms with Crippen molar-refractivity contribution in [2.45, 2.75) is 426 Å². The standard InChI is InChI=1S/C79H154O17P2/c1-8-11-12-13-14-15-16-17-22-26-29-32-38-46-53-60-76(81)89-66-74(95-78(83)62-55-48-39-33-30-27-24-21-19-18-20-23-25-28-31-36-44-51-58-71(6)9-2)68-93-97(85,86)91-64-73(80)65-92-98(87,88)94-69-75(67-90-77(82)61-54-47-42-41-43-50-57-70(4)5)96-79(84)63-56-49-40-35-34-37-45-52-59-72(7)10-3/h70-75,80H,8-69H2,1-7H3,(H,85,86)(H,87,88)/t71?,72?,73-,74-,75-/m1/s1. The van der Waals surface area contributed by atoms with Crippen LogP contribution in [0.1, 0.15) is 408 Å². The van der Waals surface area contributed by atoms with Gasteiger partial charge in [-0.1, -0.05) is 357 Å². The largest absolute Gasteiger partial charge is 0.472 e. The minimum Gasteiger partial charge on any atom is -0.462 e. The van der Waals surface area contributed by atoms with Crippen molar-refractivity contribution in [2.24, 2.45) is 17.8 Å². The Morgan fingerprint density at radius 3 is 0.776 bits per heavy atom. The van der Waals surface area contributed by atoms with Gasteiger partial charge in [-0.3, -0.25) is 37.3 Å². The number of aliphatic hydroxyl groups is 1. The number of hydrogen-bond acceptors (Lipinski definition) is 15. The Balaban J connectivity index is 5.20. The summed E-state index contributed by atoms with van der Waals surface area (Å²) in [7, 11) is -9.91. The molecule has 0 saturated carbocycles. The number of rotatable bonds is 77. The first-order valence-electron chi connectivity index (χ1n) is 40.9. The maximum Gasteiger partial charge on any atom is 0.472 e. The first-order valence-corrected chi connectivity index (χ1v) is 43.9. The second-order valence-corrected chi connectivity index (χ2v) is 32.3. The molecule has 0 fully saturated rings. The van der Waals surface area contributed by atoms with Gasteiger partial charge in [-0.25, -0.2) is 9.13 Å². The van der Waals surface area contributed by atoms with E-state index in [2.05, 4.69) is 48.5 Å². The van der Waals surface area contributed by atoms with Gasteiger partial charge in [0.2, 0.25) is 0 Å².